The third kappa shape index (κ3) is 23.0. The molecule has 54 heavy (non-hydrogen) atoms. The van der Waals surface area contributed by atoms with E-state index in [-0.39, 0.29) is 32.0 Å². The standard InChI is InChI=1S/C16H14O4.C9H8O4.C9H8O3.C2H4O2.2C2H6.CH4.H2/c1-11(17)12-3-5-13(6-4-12)16(18)20-15-9-7-14(19-2)8-10-15;1-7(11)13-9-4-2-8(3-5-9)12-6-10;1-6(10)7-2-4-8(5-3-7)9(11)12;1-2(3)4;2*1-2;;/h3-10H,1-2H3;2-6H,1H3;2-5H,1H3,(H,11,12);1H3,(H,3,4);2*1-2H3;1H4;1H/i;;;;;;;1+1. The Morgan fingerprint density at radius 3 is 1.15 bits per heavy atom. The van der Waals surface area contributed by atoms with E-state index in [1.54, 1.807) is 67.8 Å². The fraction of sp³-hybridized carbons (Fsp3) is 0.244. The van der Waals surface area contributed by atoms with Gasteiger partial charge in [-0.15, -0.1) is 0 Å². The number of ketones is 2. The van der Waals surface area contributed by atoms with Crippen LogP contribution in [0.5, 0.6) is 23.0 Å². The molecular weight excluding hydrogens is 700 g/mol. The third-order valence-corrected chi connectivity index (χ3v) is 5.60. The minimum absolute atomic E-state index is 0. The van der Waals surface area contributed by atoms with Crippen LogP contribution in [0.3, 0.4) is 0 Å². The number of hydrogen-bond acceptors (Lipinski definition) is 11. The van der Waals surface area contributed by atoms with Gasteiger partial charge in [0.1, 0.15) is 23.0 Å². The summed E-state index contributed by atoms with van der Waals surface area (Å²) in [5, 5.41) is 15.9. The summed E-state index contributed by atoms with van der Waals surface area (Å²) in [4.78, 5) is 73.7. The highest BCUT2D eigenvalue weighted by molar-refractivity contribution is 5.97. The molecule has 4 rings (SSSR count). The van der Waals surface area contributed by atoms with Crippen LogP contribution in [-0.4, -0.2) is 59.2 Å². The van der Waals surface area contributed by atoms with Crippen LogP contribution in [0.1, 0.15) is 106 Å². The molecule has 0 aliphatic rings. The molecule has 0 heterocycles. The zero-order chi connectivity index (χ0) is 40.9. The zero-order valence-electron chi connectivity index (χ0n) is 31.2. The SMILES string of the molecule is C.CC.CC.CC(=O)O.CC(=O)Oc1ccc(OC=O)cc1.CC(=O)c1ccc(C(=O)O)cc1.COc1ccc(OC(=O)c2ccc(C(C)=O)cc2)cc1.[2HH]. The number of rotatable bonds is 9. The van der Waals surface area contributed by atoms with E-state index in [1.807, 2.05) is 27.7 Å². The van der Waals surface area contributed by atoms with E-state index in [9.17, 15) is 28.8 Å². The van der Waals surface area contributed by atoms with Gasteiger partial charge in [-0.2, -0.15) is 0 Å². The van der Waals surface area contributed by atoms with E-state index in [4.69, 9.17) is 29.2 Å². The maximum atomic E-state index is 11.9. The monoisotopic (exact) mass is 753 g/mol. The Hall–Kier alpha value is -6.63. The van der Waals surface area contributed by atoms with Gasteiger partial charge < -0.3 is 29.2 Å². The molecule has 13 nitrogen and oxygen atoms in total. The minimum atomic E-state index is -0.981. The lowest BCUT2D eigenvalue weighted by Crippen LogP contribution is -2.08. The van der Waals surface area contributed by atoms with Crippen LogP contribution in [0, 0.1) is 0 Å². The van der Waals surface area contributed by atoms with Gasteiger partial charge in [0, 0.05) is 26.4 Å². The van der Waals surface area contributed by atoms with Crippen molar-refractivity contribution in [2.75, 3.05) is 7.11 Å². The Balaban J connectivity index is -0.000000328. The summed E-state index contributed by atoms with van der Waals surface area (Å²) in [5.41, 5.74) is 1.68. The molecule has 13 heteroatoms. The second-order valence-electron chi connectivity index (χ2n) is 9.44. The number of aliphatic carboxylic acids is 1. The van der Waals surface area contributed by atoms with Crippen LogP contribution >= 0.6 is 0 Å². The number of benzene rings is 4. The number of hydrogen-bond donors (Lipinski definition) is 2. The summed E-state index contributed by atoms with van der Waals surface area (Å²) < 4.78 is 19.6. The summed E-state index contributed by atoms with van der Waals surface area (Å²) in [5.74, 6) is -0.815. The van der Waals surface area contributed by atoms with Crippen LogP contribution < -0.4 is 18.9 Å². The first-order chi connectivity index (χ1) is 25.2. The number of aromatic carboxylic acids is 1. The molecule has 0 aromatic heterocycles. The average molecular weight is 754 g/mol. The first kappa shape index (κ1) is 51.7. The van der Waals surface area contributed by atoms with Crippen molar-refractivity contribution in [2.45, 2.75) is 62.8 Å². The van der Waals surface area contributed by atoms with Crippen LogP contribution in [-0.2, 0) is 14.4 Å². The van der Waals surface area contributed by atoms with Crippen molar-refractivity contribution in [3.8, 4) is 23.0 Å². The van der Waals surface area contributed by atoms with Gasteiger partial charge in [-0.05, 0) is 86.6 Å². The number of carbonyl (C=O) groups is 7. The van der Waals surface area contributed by atoms with E-state index in [0.29, 0.717) is 46.2 Å². The Kier molecular flexibility index (Phi) is 28.8. The summed E-state index contributed by atoms with van der Waals surface area (Å²) in [6.45, 7) is 13.6. The molecule has 0 aliphatic heterocycles. The molecule has 0 aliphatic carbocycles. The van der Waals surface area contributed by atoms with E-state index in [0.717, 1.165) is 6.92 Å². The molecule has 0 bridgehead atoms. The molecule has 2 N–H and O–H groups in total. The van der Waals surface area contributed by atoms with Crippen molar-refractivity contribution in [1.29, 1.82) is 0 Å². The third-order valence-electron chi connectivity index (χ3n) is 5.60. The molecule has 0 fully saturated rings. The lowest BCUT2D eigenvalue weighted by molar-refractivity contribution is -0.134. The predicted molar refractivity (Wildman–Crippen MR) is 207 cm³/mol. The Morgan fingerprint density at radius 2 is 0.833 bits per heavy atom. The van der Waals surface area contributed by atoms with E-state index < -0.39 is 17.9 Å². The molecule has 0 spiro atoms. The minimum Gasteiger partial charge on any atom is -0.497 e. The van der Waals surface area contributed by atoms with Gasteiger partial charge in [-0.1, -0.05) is 59.4 Å². The van der Waals surface area contributed by atoms with Crippen molar-refractivity contribution >= 4 is 41.9 Å². The van der Waals surface area contributed by atoms with Gasteiger partial charge in [0.2, 0.25) is 0 Å². The normalized spacial score (nSPS) is 8.61. The van der Waals surface area contributed by atoms with Gasteiger partial charge >= 0.3 is 17.9 Å². The zero-order valence-corrected chi connectivity index (χ0v) is 31.2. The second kappa shape index (κ2) is 30.0. The molecule has 4 aromatic rings. The highest BCUT2D eigenvalue weighted by Gasteiger charge is 2.09. The quantitative estimate of drug-likeness (QED) is 0.0712. The molecule has 0 amide bonds. The number of carbonyl (C=O) groups excluding carboxylic acids is 5. The first-order valence-corrected chi connectivity index (χ1v) is 16.1. The van der Waals surface area contributed by atoms with Gasteiger partial charge in [0.15, 0.2) is 11.6 Å². The number of carboxylic acids is 2. The lowest BCUT2D eigenvalue weighted by atomic mass is 10.1. The molecule has 294 valence electrons. The number of ether oxygens (including phenoxy) is 4. The molecule has 0 unspecified atom stereocenters. The second-order valence-corrected chi connectivity index (χ2v) is 9.44. The van der Waals surface area contributed by atoms with Crippen molar-refractivity contribution < 1.29 is 64.1 Å². The summed E-state index contributed by atoms with van der Waals surface area (Å²) >= 11 is 0. The average Bonchev–Trinajstić information content (AvgIpc) is 3.14. The highest BCUT2D eigenvalue weighted by atomic mass is 16.5. The molecular formula is C41H52O13. The number of Topliss-reactive ketones (excluding diaryl/α,β-unsaturated/α-hetero) is 2. The largest absolute Gasteiger partial charge is 0.497 e. The Labute approximate surface area is 317 Å². The summed E-state index contributed by atoms with van der Waals surface area (Å²) in [7, 11) is 1.57. The van der Waals surface area contributed by atoms with Crippen molar-refractivity contribution in [3.63, 3.8) is 0 Å². The summed E-state index contributed by atoms with van der Waals surface area (Å²) in [6, 6.07) is 25.1. The predicted octanol–water partition coefficient (Wildman–Crippen LogP) is 8.88. The summed E-state index contributed by atoms with van der Waals surface area (Å²) in [6.07, 6.45) is 0. The van der Waals surface area contributed by atoms with E-state index in [1.165, 1.54) is 57.2 Å². The maximum Gasteiger partial charge on any atom is 0.343 e. The Bertz CT molecular complexity index is 1680. The van der Waals surface area contributed by atoms with Crippen LogP contribution in [0.2, 0.25) is 0 Å². The molecule has 0 radical (unpaired) electrons. The smallest absolute Gasteiger partial charge is 0.343 e. The molecule has 0 atom stereocenters. The molecule has 0 saturated carbocycles. The van der Waals surface area contributed by atoms with Crippen LogP contribution in [0.4, 0.5) is 0 Å². The molecule has 0 saturated heterocycles. The van der Waals surface area contributed by atoms with E-state index in [2.05, 4.69) is 4.74 Å². The fourth-order valence-electron chi connectivity index (χ4n) is 3.31. The maximum absolute atomic E-state index is 11.9. The number of methoxy groups -OCH3 is 1. The van der Waals surface area contributed by atoms with Crippen molar-refractivity contribution in [1.82, 2.24) is 0 Å². The highest BCUT2D eigenvalue weighted by Crippen LogP contribution is 2.19. The van der Waals surface area contributed by atoms with Crippen LogP contribution in [0.15, 0.2) is 97.1 Å². The van der Waals surface area contributed by atoms with Gasteiger partial charge in [-0.25, -0.2) is 9.59 Å². The van der Waals surface area contributed by atoms with E-state index >= 15 is 0 Å². The fourth-order valence-corrected chi connectivity index (χ4v) is 3.31. The number of carboxylic acid groups (broad SMARTS) is 2. The van der Waals surface area contributed by atoms with Gasteiger partial charge in [-0.3, -0.25) is 24.0 Å². The van der Waals surface area contributed by atoms with Gasteiger partial charge in [0.05, 0.1) is 18.2 Å². The van der Waals surface area contributed by atoms with Crippen molar-refractivity contribution in [2.24, 2.45) is 0 Å². The molecule has 4 aromatic carbocycles. The topological polar surface area (TPSA) is 197 Å². The van der Waals surface area contributed by atoms with Crippen molar-refractivity contribution in [3.05, 3.63) is 119 Å². The first-order valence-electron chi connectivity index (χ1n) is 16.1. The van der Waals surface area contributed by atoms with Gasteiger partial charge in [0.25, 0.3) is 12.4 Å². The Morgan fingerprint density at radius 1 is 0.519 bits per heavy atom. The lowest BCUT2D eigenvalue weighted by Gasteiger charge is -2.05. The van der Waals surface area contributed by atoms with Crippen LogP contribution in [0.25, 0.3) is 0 Å². The number of esters is 2.